The summed E-state index contributed by atoms with van der Waals surface area (Å²) in [6, 6.07) is 16.1. The summed E-state index contributed by atoms with van der Waals surface area (Å²) in [5.41, 5.74) is 3.14. The van der Waals surface area contributed by atoms with Crippen LogP contribution in [0.25, 0.3) is 0 Å². The molecule has 122 valence electrons. The van der Waals surface area contributed by atoms with E-state index in [-0.39, 0.29) is 11.9 Å². The summed E-state index contributed by atoms with van der Waals surface area (Å²) < 4.78 is 5.73. The molecule has 0 aliphatic rings. The zero-order chi connectivity index (χ0) is 16.7. The van der Waals surface area contributed by atoms with Crippen LogP contribution in [0.15, 0.2) is 48.5 Å². The molecule has 2 N–H and O–H groups in total. The van der Waals surface area contributed by atoms with Crippen LogP contribution in [0.3, 0.4) is 0 Å². The van der Waals surface area contributed by atoms with Crippen LogP contribution in [0.5, 0.6) is 5.75 Å². The van der Waals surface area contributed by atoms with Gasteiger partial charge in [0.25, 0.3) is 0 Å². The van der Waals surface area contributed by atoms with E-state index in [4.69, 9.17) is 4.74 Å². The highest BCUT2D eigenvalue weighted by Gasteiger charge is 2.06. The smallest absolute Gasteiger partial charge is 0.221 e. The number of benzene rings is 2. The van der Waals surface area contributed by atoms with Crippen molar-refractivity contribution in [2.75, 3.05) is 18.5 Å². The van der Waals surface area contributed by atoms with Crippen LogP contribution in [0.1, 0.15) is 31.0 Å². The van der Waals surface area contributed by atoms with Gasteiger partial charge in [-0.05, 0) is 49.2 Å². The van der Waals surface area contributed by atoms with Gasteiger partial charge in [-0.25, -0.2) is 0 Å². The predicted octanol–water partition coefficient (Wildman–Crippen LogP) is 3.68. The van der Waals surface area contributed by atoms with Crippen molar-refractivity contribution in [3.63, 3.8) is 0 Å². The number of nitrogens with one attached hydrogen (secondary N) is 2. The molecular formula is C19H24N2O2. The highest BCUT2D eigenvalue weighted by atomic mass is 16.5. The van der Waals surface area contributed by atoms with Crippen LogP contribution in [-0.4, -0.2) is 19.1 Å². The average molecular weight is 312 g/mol. The fourth-order valence-electron chi connectivity index (χ4n) is 2.36. The number of amides is 1. The maximum Gasteiger partial charge on any atom is 0.221 e. The summed E-state index contributed by atoms with van der Waals surface area (Å²) in [5.74, 6) is 0.835. The van der Waals surface area contributed by atoms with E-state index in [2.05, 4.69) is 30.5 Å². The Morgan fingerprint density at radius 2 is 1.96 bits per heavy atom. The molecule has 0 saturated carbocycles. The van der Waals surface area contributed by atoms with Crippen LogP contribution >= 0.6 is 0 Å². The molecule has 0 aromatic heterocycles. The van der Waals surface area contributed by atoms with Crippen molar-refractivity contribution >= 4 is 11.6 Å². The maximum atomic E-state index is 11.1. The predicted molar refractivity (Wildman–Crippen MR) is 93.8 cm³/mol. The molecule has 0 saturated heterocycles. The molecule has 2 aromatic rings. The first kappa shape index (κ1) is 17.0. The Bertz CT molecular complexity index is 655. The van der Waals surface area contributed by atoms with E-state index in [1.54, 1.807) is 0 Å². The number of hydrogen-bond acceptors (Lipinski definition) is 3. The summed E-state index contributed by atoms with van der Waals surface area (Å²) >= 11 is 0. The van der Waals surface area contributed by atoms with Crippen molar-refractivity contribution in [2.24, 2.45) is 0 Å². The molecule has 0 heterocycles. The molecule has 0 bridgehead atoms. The third-order valence-corrected chi connectivity index (χ3v) is 3.52. The lowest BCUT2D eigenvalue weighted by Gasteiger charge is -2.16. The molecule has 2 aromatic carbocycles. The molecule has 4 nitrogen and oxygen atoms in total. The molecule has 0 radical (unpaired) electrons. The van der Waals surface area contributed by atoms with Crippen molar-refractivity contribution in [3.05, 3.63) is 59.7 Å². The van der Waals surface area contributed by atoms with E-state index in [1.165, 1.54) is 12.5 Å². The van der Waals surface area contributed by atoms with Crippen molar-refractivity contribution in [2.45, 2.75) is 26.8 Å². The van der Waals surface area contributed by atoms with E-state index in [0.29, 0.717) is 6.61 Å². The number of carbonyl (C=O) groups excluding carboxylic acids is 1. The number of rotatable bonds is 7. The fourth-order valence-corrected chi connectivity index (χ4v) is 2.36. The maximum absolute atomic E-state index is 11.1. The number of anilines is 1. The van der Waals surface area contributed by atoms with Gasteiger partial charge in [0.2, 0.25) is 5.91 Å². The fraction of sp³-hybridized carbons (Fsp3) is 0.316. The van der Waals surface area contributed by atoms with Crippen molar-refractivity contribution in [1.29, 1.82) is 0 Å². The highest BCUT2D eigenvalue weighted by Crippen LogP contribution is 2.17. The first-order valence-electron chi connectivity index (χ1n) is 7.85. The topological polar surface area (TPSA) is 50.4 Å². The first-order valence-corrected chi connectivity index (χ1v) is 7.85. The molecule has 0 aliphatic heterocycles. The largest absolute Gasteiger partial charge is 0.492 e. The second kappa shape index (κ2) is 8.34. The summed E-state index contributed by atoms with van der Waals surface area (Å²) in [7, 11) is 0. The molecule has 0 spiro atoms. The molecule has 2 rings (SSSR count). The van der Waals surface area contributed by atoms with Gasteiger partial charge in [0, 0.05) is 25.2 Å². The Kier molecular flexibility index (Phi) is 6.18. The van der Waals surface area contributed by atoms with Gasteiger partial charge in [-0.3, -0.25) is 4.79 Å². The van der Waals surface area contributed by atoms with Gasteiger partial charge in [0.1, 0.15) is 12.4 Å². The third-order valence-electron chi connectivity index (χ3n) is 3.52. The number of ether oxygens (including phenoxy) is 1. The van der Waals surface area contributed by atoms with Gasteiger partial charge in [-0.1, -0.05) is 24.3 Å². The summed E-state index contributed by atoms with van der Waals surface area (Å²) in [6.07, 6.45) is 0. The average Bonchev–Trinajstić information content (AvgIpc) is 2.51. The van der Waals surface area contributed by atoms with Crippen LogP contribution in [0.4, 0.5) is 5.69 Å². The Hall–Kier alpha value is -2.33. The normalized spacial score (nSPS) is 11.8. The van der Waals surface area contributed by atoms with Crippen LogP contribution in [0, 0.1) is 6.92 Å². The number of hydrogen-bond donors (Lipinski definition) is 2. The van der Waals surface area contributed by atoms with E-state index in [9.17, 15) is 4.79 Å². The van der Waals surface area contributed by atoms with Gasteiger partial charge >= 0.3 is 0 Å². The lowest BCUT2D eigenvalue weighted by Crippen LogP contribution is -2.24. The standard InChI is InChI=1S/C19H24N2O2/c1-14-6-4-9-19(12-14)23-11-10-20-15(2)17-7-5-8-18(13-17)21-16(3)22/h4-9,12-13,15,20H,10-11H2,1-3H3,(H,21,22). The Morgan fingerprint density at radius 3 is 2.70 bits per heavy atom. The van der Waals surface area contributed by atoms with E-state index >= 15 is 0 Å². The van der Waals surface area contributed by atoms with Gasteiger partial charge in [0.05, 0.1) is 0 Å². The van der Waals surface area contributed by atoms with Crippen LogP contribution < -0.4 is 15.4 Å². The van der Waals surface area contributed by atoms with Gasteiger partial charge in [-0.15, -0.1) is 0 Å². The van der Waals surface area contributed by atoms with Crippen LogP contribution in [0.2, 0.25) is 0 Å². The third kappa shape index (κ3) is 5.75. The second-order valence-corrected chi connectivity index (χ2v) is 5.65. The highest BCUT2D eigenvalue weighted by molar-refractivity contribution is 5.88. The van der Waals surface area contributed by atoms with E-state index in [1.807, 2.05) is 42.5 Å². The van der Waals surface area contributed by atoms with Crippen molar-refractivity contribution < 1.29 is 9.53 Å². The van der Waals surface area contributed by atoms with Crippen LogP contribution in [-0.2, 0) is 4.79 Å². The lowest BCUT2D eigenvalue weighted by atomic mass is 10.1. The SMILES string of the molecule is CC(=O)Nc1cccc(C(C)NCCOc2cccc(C)c2)c1. The van der Waals surface area contributed by atoms with E-state index < -0.39 is 0 Å². The van der Waals surface area contributed by atoms with Crippen molar-refractivity contribution in [3.8, 4) is 5.75 Å². The van der Waals surface area contributed by atoms with Crippen molar-refractivity contribution in [1.82, 2.24) is 5.32 Å². The van der Waals surface area contributed by atoms with Gasteiger partial charge in [0.15, 0.2) is 0 Å². The molecular weight excluding hydrogens is 288 g/mol. The van der Waals surface area contributed by atoms with Gasteiger partial charge in [-0.2, -0.15) is 0 Å². The summed E-state index contributed by atoms with van der Waals surface area (Å²) in [4.78, 5) is 11.1. The van der Waals surface area contributed by atoms with E-state index in [0.717, 1.165) is 23.5 Å². The Balaban J connectivity index is 1.80. The summed E-state index contributed by atoms with van der Waals surface area (Å²) in [6.45, 7) is 7.02. The molecule has 0 fully saturated rings. The molecule has 1 amide bonds. The zero-order valence-electron chi connectivity index (χ0n) is 13.9. The first-order chi connectivity index (χ1) is 11.0. The minimum absolute atomic E-state index is 0.0608. The quantitative estimate of drug-likeness (QED) is 0.767. The minimum Gasteiger partial charge on any atom is -0.492 e. The summed E-state index contributed by atoms with van der Waals surface area (Å²) in [5, 5.41) is 6.23. The zero-order valence-corrected chi connectivity index (χ0v) is 13.9. The molecule has 4 heteroatoms. The molecule has 1 atom stereocenters. The molecule has 0 aliphatic carbocycles. The number of carbonyl (C=O) groups is 1. The monoisotopic (exact) mass is 312 g/mol. The Labute approximate surface area is 137 Å². The molecule has 23 heavy (non-hydrogen) atoms. The lowest BCUT2D eigenvalue weighted by molar-refractivity contribution is -0.114. The number of aryl methyl sites for hydroxylation is 1. The minimum atomic E-state index is -0.0608. The second-order valence-electron chi connectivity index (χ2n) is 5.65. The molecule has 1 unspecified atom stereocenters. The van der Waals surface area contributed by atoms with Gasteiger partial charge < -0.3 is 15.4 Å². The Morgan fingerprint density at radius 1 is 1.17 bits per heavy atom.